The molecule has 1 amide bonds. The van der Waals surface area contributed by atoms with Crippen LogP contribution in [-0.2, 0) is 6.42 Å². The normalized spacial score (nSPS) is 14.9. The van der Waals surface area contributed by atoms with E-state index in [1.807, 2.05) is 35.2 Å². The maximum atomic E-state index is 12.7. The van der Waals surface area contributed by atoms with E-state index in [0.29, 0.717) is 11.3 Å². The Labute approximate surface area is 155 Å². The Bertz CT molecular complexity index is 740. The largest absolute Gasteiger partial charge is 0.497 e. The second-order valence-electron chi connectivity index (χ2n) is 6.47. The first kappa shape index (κ1) is 18.3. The SMILES string of the molecule is COc1cccc(CCN2CCN(C(=O)c3cccc(OC)c3)CC2)c1. The van der Waals surface area contributed by atoms with Crippen LogP contribution in [0.5, 0.6) is 11.5 Å². The van der Waals surface area contributed by atoms with E-state index in [2.05, 4.69) is 17.0 Å². The van der Waals surface area contributed by atoms with Gasteiger partial charge in [0.25, 0.3) is 5.91 Å². The van der Waals surface area contributed by atoms with Crippen LogP contribution in [0.2, 0.25) is 0 Å². The van der Waals surface area contributed by atoms with Gasteiger partial charge in [-0.2, -0.15) is 0 Å². The van der Waals surface area contributed by atoms with Gasteiger partial charge in [-0.25, -0.2) is 0 Å². The zero-order valence-corrected chi connectivity index (χ0v) is 15.5. The lowest BCUT2D eigenvalue weighted by atomic mass is 10.1. The molecule has 3 rings (SSSR count). The van der Waals surface area contributed by atoms with Crippen molar-refractivity contribution >= 4 is 5.91 Å². The van der Waals surface area contributed by atoms with Gasteiger partial charge in [0, 0.05) is 38.3 Å². The van der Waals surface area contributed by atoms with Crippen molar-refractivity contribution < 1.29 is 14.3 Å². The van der Waals surface area contributed by atoms with E-state index in [9.17, 15) is 4.79 Å². The number of hydrogen-bond acceptors (Lipinski definition) is 4. The van der Waals surface area contributed by atoms with Crippen molar-refractivity contribution in [1.82, 2.24) is 9.80 Å². The number of amides is 1. The summed E-state index contributed by atoms with van der Waals surface area (Å²) in [5.74, 6) is 1.69. The highest BCUT2D eigenvalue weighted by Gasteiger charge is 2.22. The van der Waals surface area contributed by atoms with E-state index >= 15 is 0 Å². The predicted octanol–water partition coefficient (Wildman–Crippen LogP) is 2.70. The van der Waals surface area contributed by atoms with Crippen LogP contribution in [0, 0.1) is 0 Å². The van der Waals surface area contributed by atoms with Crippen LogP contribution in [0.1, 0.15) is 15.9 Å². The molecule has 0 aliphatic carbocycles. The monoisotopic (exact) mass is 354 g/mol. The molecule has 5 nitrogen and oxygen atoms in total. The molecule has 1 heterocycles. The molecule has 0 unspecified atom stereocenters. The highest BCUT2D eigenvalue weighted by Crippen LogP contribution is 2.16. The predicted molar refractivity (Wildman–Crippen MR) is 102 cm³/mol. The number of piperazine rings is 1. The number of benzene rings is 2. The molecular weight excluding hydrogens is 328 g/mol. The Balaban J connectivity index is 1.49. The number of carbonyl (C=O) groups excluding carboxylic acids is 1. The molecule has 5 heteroatoms. The summed E-state index contributed by atoms with van der Waals surface area (Å²) >= 11 is 0. The zero-order valence-electron chi connectivity index (χ0n) is 15.5. The number of rotatable bonds is 6. The first-order chi connectivity index (χ1) is 12.7. The van der Waals surface area contributed by atoms with Gasteiger partial charge >= 0.3 is 0 Å². The zero-order chi connectivity index (χ0) is 18.4. The molecule has 0 aromatic heterocycles. The molecule has 2 aromatic carbocycles. The van der Waals surface area contributed by atoms with Crippen molar-refractivity contribution in [3.05, 3.63) is 59.7 Å². The van der Waals surface area contributed by atoms with E-state index in [0.717, 1.165) is 44.9 Å². The lowest BCUT2D eigenvalue weighted by Gasteiger charge is -2.34. The summed E-state index contributed by atoms with van der Waals surface area (Å²) < 4.78 is 10.5. The van der Waals surface area contributed by atoms with Crippen LogP contribution < -0.4 is 9.47 Å². The van der Waals surface area contributed by atoms with Crippen LogP contribution >= 0.6 is 0 Å². The summed E-state index contributed by atoms with van der Waals surface area (Å²) in [7, 11) is 3.31. The van der Waals surface area contributed by atoms with Gasteiger partial charge in [0.2, 0.25) is 0 Å². The Morgan fingerprint density at radius 3 is 2.27 bits per heavy atom. The van der Waals surface area contributed by atoms with Crippen molar-refractivity contribution in [2.75, 3.05) is 46.9 Å². The molecule has 1 fully saturated rings. The summed E-state index contributed by atoms with van der Waals surface area (Å²) in [6.07, 6.45) is 0.987. The minimum Gasteiger partial charge on any atom is -0.497 e. The maximum Gasteiger partial charge on any atom is 0.254 e. The second-order valence-corrected chi connectivity index (χ2v) is 6.47. The lowest BCUT2D eigenvalue weighted by molar-refractivity contribution is 0.0638. The fourth-order valence-electron chi connectivity index (χ4n) is 3.23. The Hall–Kier alpha value is -2.53. The Morgan fingerprint density at radius 1 is 0.923 bits per heavy atom. The number of hydrogen-bond donors (Lipinski definition) is 0. The Kier molecular flexibility index (Phi) is 6.12. The van der Waals surface area contributed by atoms with Gasteiger partial charge in [-0.15, -0.1) is 0 Å². The molecule has 1 aliphatic heterocycles. The molecule has 1 aliphatic rings. The molecule has 138 valence electrons. The average Bonchev–Trinajstić information content (AvgIpc) is 2.72. The smallest absolute Gasteiger partial charge is 0.254 e. The summed E-state index contributed by atoms with van der Waals surface area (Å²) in [5.41, 5.74) is 1.97. The van der Waals surface area contributed by atoms with Crippen molar-refractivity contribution in [2.45, 2.75) is 6.42 Å². The van der Waals surface area contributed by atoms with E-state index in [1.54, 1.807) is 20.3 Å². The number of methoxy groups -OCH3 is 2. The topological polar surface area (TPSA) is 42.0 Å². The van der Waals surface area contributed by atoms with Gasteiger partial charge in [0.1, 0.15) is 11.5 Å². The summed E-state index contributed by atoms with van der Waals surface area (Å²) in [6.45, 7) is 4.32. The van der Waals surface area contributed by atoms with Crippen LogP contribution in [0.15, 0.2) is 48.5 Å². The van der Waals surface area contributed by atoms with Gasteiger partial charge in [-0.1, -0.05) is 18.2 Å². The van der Waals surface area contributed by atoms with Crippen LogP contribution in [0.3, 0.4) is 0 Å². The number of nitrogens with zero attached hydrogens (tertiary/aromatic N) is 2. The standard InChI is InChI=1S/C21H26N2O3/c1-25-19-7-3-5-17(15-19)9-10-22-11-13-23(14-12-22)21(24)18-6-4-8-20(16-18)26-2/h3-8,15-16H,9-14H2,1-2H3. The average molecular weight is 354 g/mol. The van der Waals surface area contributed by atoms with Crippen LogP contribution in [0.4, 0.5) is 0 Å². The quantitative estimate of drug-likeness (QED) is 0.800. The fourth-order valence-corrected chi connectivity index (χ4v) is 3.23. The van der Waals surface area contributed by atoms with E-state index in [1.165, 1.54) is 5.56 Å². The molecular formula is C21H26N2O3. The van der Waals surface area contributed by atoms with Crippen molar-refractivity contribution in [1.29, 1.82) is 0 Å². The van der Waals surface area contributed by atoms with E-state index in [-0.39, 0.29) is 5.91 Å². The maximum absolute atomic E-state index is 12.7. The summed E-state index contributed by atoms with van der Waals surface area (Å²) in [6, 6.07) is 15.6. The summed E-state index contributed by atoms with van der Waals surface area (Å²) in [5, 5.41) is 0. The highest BCUT2D eigenvalue weighted by atomic mass is 16.5. The molecule has 26 heavy (non-hydrogen) atoms. The molecule has 0 radical (unpaired) electrons. The van der Waals surface area contributed by atoms with Gasteiger partial charge in [-0.05, 0) is 42.3 Å². The van der Waals surface area contributed by atoms with Gasteiger partial charge in [0.15, 0.2) is 0 Å². The van der Waals surface area contributed by atoms with Crippen molar-refractivity contribution in [2.24, 2.45) is 0 Å². The Morgan fingerprint density at radius 2 is 1.58 bits per heavy atom. The lowest BCUT2D eigenvalue weighted by Crippen LogP contribution is -2.49. The second kappa shape index (κ2) is 8.72. The number of carbonyl (C=O) groups is 1. The van der Waals surface area contributed by atoms with Crippen LogP contribution in [0.25, 0.3) is 0 Å². The summed E-state index contributed by atoms with van der Waals surface area (Å²) in [4.78, 5) is 17.0. The van der Waals surface area contributed by atoms with Gasteiger partial charge in [0.05, 0.1) is 14.2 Å². The molecule has 0 saturated carbocycles. The first-order valence-electron chi connectivity index (χ1n) is 8.98. The van der Waals surface area contributed by atoms with Crippen molar-refractivity contribution in [3.63, 3.8) is 0 Å². The molecule has 0 N–H and O–H groups in total. The molecule has 1 saturated heterocycles. The minimum absolute atomic E-state index is 0.0799. The van der Waals surface area contributed by atoms with Crippen molar-refractivity contribution in [3.8, 4) is 11.5 Å². The van der Waals surface area contributed by atoms with Gasteiger partial charge < -0.3 is 14.4 Å². The van der Waals surface area contributed by atoms with E-state index in [4.69, 9.17) is 9.47 Å². The molecule has 2 aromatic rings. The van der Waals surface area contributed by atoms with Crippen LogP contribution in [-0.4, -0.2) is 62.7 Å². The molecule has 0 bridgehead atoms. The third kappa shape index (κ3) is 4.55. The fraction of sp³-hybridized carbons (Fsp3) is 0.381. The highest BCUT2D eigenvalue weighted by molar-refractivity contribution is 5.94. The van der Waals surface area contributed by atoms with Gasteiger partial charge in [-0.3, -0.25) is 9.69 Å². The third-order valence-electron chi connectivity index (χ3n) is 4.83. The number of ether oxygens (including phenoxy) is 2. The molecule has 0 spiro atoms. The third-order valence-corrected chi connectivity index (χ3v) is 4.83. The van der Waals surface area contributed by atoms with E-state index < -0.39 is 0 Å². The minimum atomic E-state index is 0.0799. The molecule has 0 atom stereocenters. The first-order valence-corrected chi connectivity index (χ1v) is 8.98.